The van der Waals surface area contributed by atoms with Crippen molar-refractivity contribution >= 4 is 17.4 Å². The zero-order chi connectivity index (χ0) is 21.0. The van der Waals surface area contributed by atoms with Gasteiger partial charge in [-0.05, 0) is 30.7 Å². The van der Waals surface area contributed by atoms with Crippen LogP contribution in [0.2, 0.25) is 0 Å². The first-order valence-electron chi connectivity index (χ1n) is 8.76. The van der Waals surface area contributed by atoms with Crippen molar-refractivity contribution in [3.8, 4) is 11.4 Å². The van der Waals surface area contributed by atoms with E-state index in [1.165, 1.54) is 23.2 Å². The van der Waals surface area contributed by atoms with Crippen molar-refractivity contribution in [2.45, 2.75) is 19.5 Å². The van der Waals surface area contributed by atoms with Gasteiger partial charge in [-0.2, -0.15) is 23.3 Å². The van der Waals surface area contributed by atoms with E-state index in [9.17, 15) is 18.0 Å². The summed E-state index contributed by atoms with van der Waals surface area (Å²) in [6, 6.07) is 4.66. The first kappa shape index (κ1) is 20.4. The fraction of sp³-hybridized carbons (Fsp3) is 0.333. The summed E-state index contributed by atoms with van der Waals surface area (Å²) in [5.74, 6) is 1.23. The van der Waals surface area contributed by atoms with Gasteiger partial charge in [-0.1, -0.05) is 12.1 Å². The van der Waals surface area contributed by atoms with Crippen molar-refractivity contribution in [2.24, 2.45) is 13.0 Å². The Hall–Kier alpha value is -3.37. The van der Waals surface area contributed by atoms with Crippen molar-refractivity contribution < 1.29 is 22.5 Å². The van der Waals surface area contributed by atoms with E-state index in [1.807, 2.05) is 6.92 Å². The van der Waals surface area contributed by atoms with E-state index in [2.05, 4.69) is 30.4 Å². The van der Waals surface area contributed by atoms with Crippen LogP contribution >= 0.6 is 0 Å². The number of nitrogens with zero attached hydrogens (tertiary/aromatic N) is 4. The summed E-state index contributed by atoms with van der Waals surface area (Å²) in [5.41, 5.74) is 0.338. The summed E-state index contributed by atoms with van der Waals surface area (Å²) in [5, 5.41) is 13.6. The Kier molecular flexibility index (Phi) is 5.85. The first-order chi connectivity index (χ1) is 13.7. The normalized spacial score (nSPS) is 16.2. The Balaban J connectivity index is 0.000000290. The van der Waals surface area contributed by atoms with E-state index in [1.54, 1.807) is 13.2 Å². The first-order valence-corrected chi connectivity index (χ1v) is 8.76. The number of aromatic nitrogens is 4. The van der Waals surface area contributed by atoms with Crippen molar-refractivity contribution in [3.05, 3.63) is 42.4 Å². The van der Waals surface area contributed by atoms with Crippen molar-refractivity contribution in [1.82, 2.24) is 25.2 Å². The van der Waals surface area contributed by atoms with Crippen LogP contribution in [0.25, 0.3) is 11.4 Å². The highest BCUT2D eigenvalue weighted by Crippen LogP contribution is 2.31. The molecule has 4 rings (SSSR count). The van der Waals surface area contributed by atoms with Gasteiger partial charge in [-0.15, -0.1) is 0 Å². The Morgan fingerprint density at radius 2 is 2.00 bits per heavy atom. The minimum absolute atomic E-state index is 0.208. The van der Waals surface area contributed by atoms with Gasteiger partial charge in [-0.3, -0.25) is 9.48 Å². The fourth-order valence-electron chi connectivity index (χ4n) is 2.63. The summed E-state index contributed by atoms with van der Waals surface area (Å²) in [7, 11) is 1.71. The second-order valence-corrected chi connectivity index (χ2v) is 6.50. The molecule has 1 aliphatic heterocycles. The third-order valence-electron chi connectivity index (χ3n) is 4.23. The molecule has 154 valence electrons. The van der Waals surface area contributed by atoms with E-state index in [-0.39, 0.29) is 11.8 Å². The molecule has 3 heterocycles. The lowest BCUT2D eigenvalue weighted by Crippen LogP contribution is -2.16. The maximum absolute atomic E-state index is 12.5. The second-order valence-electron chi connectivity index (χ2n) is 6.50. The molecular weight excluding hydrogens is 389 g/mol. The van der Waals surface area contributed by atoms with Crippen LogP contribution < -0.4 is 10.6 Å². The molecule has 1 unspecified atom stereocenters. The van der Waals surface area contributed by atoms with Gasteiger partial charge in [-0.25, -0.2) is 0 Å². The third kappa shape index (κ3) is 5.12. The molecule has 8 nitrogen and oxygen atoms in total. The molecule has 0 aliphatic carbocycles. The van der Waals surface area contributed by atoms with E-state index in [4.69, 9.17) is 0 Å². The quantitative estimate of drug-likeness (QED) is 0.690. The number of hydrogen-bond donors (Lipinski definition) is 2. The number of anilines is 2. The van der Waals surface area contributed by atoms with Crippen LogP contribution in [-0.4, -0.2) is 32.4 Å². The minimum Gasteiger partial charge on any atom is -0.356 e. The molecule has 0 radical (unpaired) electrons. The monoisotopic (exact) mass is 408 g/mol. The van der Waals surface area contributed by atoms with E-state index >= 15 is 0 Å². The number of nitrogens with one attached hydrogen (secondary N) is 2. The summed E-state index contributed by atoms with van der Waals surface area (Å²) in [6.07, 6.45) is -0.486. The van der Waals surface area contributed by atoms with Gasteiger partial charge >= 0.3 is 6.18 Å². The number of alkyl halides is 3. The van der Waals surface area contributed by atoms with Crippen LogP contribution in [0.3, 0.4) is 0 Å². The predicted molar refractivity (Wildman–Crippen MR) is 98.0 cm³/mol. The van der Waals surface area contributed by atoms with Crippen LogP contribution in [-0.2, 0) is 18.0 Å². The summed E-state index contributed by atoms with van der Waals surface area (Å²) in [4.78, 5) is 14.4. The molecule has 1 aliphatic rings. The molecule has 0 spiro atoms. The Labute approximate surface area is 164 Å². The summed E-state index contributed by atoms with van der Waals surface area (Å²) in [6.45, 7) is 2.82. The van der Waals surface area contributed by atoms with Gasteiger partial charge < -0.3 is 15.2 Å². The lowest BCUT2D eigenvalue weighted by molar-refractivity contribution is -0.137. The standard InChI is InChI=1S/C13H10F3N5O.C5H9NO/c1-21-6-10(11-17-7-22-20-11)12(19-21)18-9-4-2-8(3-5-9)13(14,15)16;1-4-2-3-6-5(4)7/h2-7H,1H3,(H,18,19);4H,2-3H2,1H3,(H,6,7). The van der Waals surface area contributed by atoms with Gasteiger partial charge in [0.1, 0.15) is 0 Å². The molecule has 1 atom stereocenters. The summed E-state index contributed by atoms with van der Waals surface area (Å²) >= 11 is 0. The molecule has 2 N–H and O–H groups in total. The van der Waals surface area contributed by atoms with Crippen LogP contribution in [0.15, 0.2) is 41.4 Å². The number of hydrogen-bond acceptors (Lipinski definition) is 6. The van der Waals surface area contributed by atoms with Gasteiger partial charge in [0.15, 0.2) is 5.82 Å². The number of rotatable bonds is 3. The lowest BCUT2D eigenvalue weighted by atomic mass is 10.1. The third-order valence-corrected chi connectivity index (χ3v) is 4.23. The zero-order valence-corrected chi connectivity index (χ0v) is 15.7. The van der Waals surface area contributed by atoms with Gasteiger partial charge in [0.05, 0.1) is 11.1 Å². The van der Waals surface area contributed by atoms with E-state index in [0.29, 0.717) is 22.9 Å². The maximum atomic E-state index is 12.5. The average Bonchev–Trinajstić information content (AvgIpc) is 3.39. The Morgan fingerprint density at radius 1 is 1.28 bits per heavy atom. The molecule has 0 saturated carbocycles. The largest absolute Gasteiger partial charge is 0.416 e. The number of carbonyl (C=O) groups is 1. The number of carbonyl (C=O) groups excluding carboxylic acids is 1. The van der Waals surface area contributed by atoms with Gasteiger partial charge in [0, 0.05) is 31.4 Å². The topological polar surface area (TPSA) is 97.9 Å². The number of aryl methyl sites for hydroxylation is 1. The van der Waals surface area contributed by atoms with Crippen LogP contribution in [0.4, 0.5) is 24.7 Å². The van der Waals surface area contributed by atoms with Crippen LogP contribution in [0.1, 0.15) is 18.9 Å². The van der Waals surface area contributed by atoms with Crippen molar-refractivity contribution in [1.29, 1.82) is 0 Å². The van der Waals surface area contributed by atoms with E-state index in [0.717, 1.165) is 25.1 Å². The van der Waals surface area contributed by atoms with Crippen LogP contribution in [0.5, 0.6) is 0 Å². The van der Waals surface area contributed by atoms with Crippen molar-refractivity contribution in [3.63, 3.8) is 0 Å². The predicted octanol–water partition coefficient (Wildman–Crippen LogP) is 3.37. The Morgan fingerprint density at radius 3 is 2.48 bits per heavy atom. The van der Waals surface area contributed by atoms with Crippen LogP contribution in [0, 0.1) is 5.92 Å². The van der Waals surface area contributed by atoms with Gasteiger partial charge in [0.25, 0.3) is 0 Å². The zero-order valence-electron chi connectivity index (χ0n) is 15.7. The molecule has 1 aromatic carbocycles. The average molecular weight is 408 g/mol. The minimum atomic E-state index is -4.36. The maximum Gasteiger partial charge on any atom is 0.416 e. The lowest BCUT2D eigenvalue weighted by Gasteiger charge is -2.08. The highest BCUT2D eigenvalue weighted by atomic mass is 19.4. The van der Waals surface area contributed by atoms with Crippen molar-refractivity contribution in [2.75, 3.05) is 11.9 Å². The molecule has 0 bridgehead atoms. The fourth-order valence-corrected chi connectivity index (χ4v) is 2.63. The highest BCUT2D eigenvalue weighted by molar-refractivity contribution is 5.80. The Bertz CT molecular complexity index is 951. The summed E-state index contributed by atoms with van der Waals surface area (Å²) < 4.78 is 43.8. The second kappa shape index (κ2) is 8.33. The molecule has 1 saturated heterocycles. The molecule has 3 aromatic rings. The highest BCUT2D eigenvalue weighted by Gasteiger charge is 2.30. The molecule has 11 heteroatoms. The number of benzene rings is 1. The molecule has 29 heavy (non-hydrogen) atoms. The molecular formula is C18H19F3N6O2. The smallest absolute Gasteiger partial charge is 0.356 e. The molecule has 1 fully saturated rings. The molecule has 2 aromatic heterocycles. The SMILES string of the molecule is CC1CCNC1=O.Cn1cc(-c2ncon2)c(Nc2ccc(C(F)(F)F)cc2)n1. The number of amides is 1. The van der Waals surface area contributed by atoms with Gasteiger partial charge in [0.2, 0.25) is 18.1 Å². The van der Waals surface area contributed by atoms with E-state index < -0.39 is 11.7 Å². The molecule has 1 amide bonds. The number of halogens is 3.